The van der Waals surface area contributed by atoms with Crippen molar-refractivity contribution >= 4 is 9.84 Å². The Bertz CT molecular complexity index is 778. The number of hydrogen-bond donors (Lipinski definition) is 0. The average molecular weight is 343 g/mol. The van der Waals surface area contributed by atoms with E-state index in [1.165, 1.54) is 0 Å². The quantitative estimate of drug-likeness (QED) is 0.686. The maximum atomic E-state index is 12.5. The highest BCUT2D eigenvalue weighted by Gasteiger charge is 2.26. The fourth-order valence-corrected chi connectivity index (χ4v) is 3.78. The number of hydrogen-bond acceptors (Lipinski definition) is 4. The van der Waals surface area contributed by atoms with Crippen molar-refractivity contribution in [3.05, 3.63) is 65.7 Å². The molecule has 2 aromatic carbocycles. The number of nitriles is 1. The SMILES string of the molecule is Cc1ccc(S(=O)(=O)C(C#N)CCCOCc2ccccc2)cc1. The second-order valence-corrected chi connectivity index (χ2v) is 7.79. The van der Waals surface area contributed by atoms with Crippen molar-refractivity contribution in [3.8, 4) is 6.07 Å². The summed E-state index contributed by atoms with van der Waals surface area (Å²) in [6.07, 6.45) is 0.789. The van der Waals surface area contributed by atoms with Crippen LogP contribution in [-0.4, -0.2) is 20.3 Å². The number of benzene rings is 2. The maximum absolute atomic E-state index is 12.5. The minimum Gasteiger partial charge on any atom is -0.377 e. The van der Waals surface area contributed by atoms with Gasteiger partial charge in [-0.25, -0.2) is 8.42 Å². The van der Waals surface area contributed by atoms with Crippen LogP contribution in [0.5, 0.6) is 0 Å². The van der Waals surface area contributed by atoms with Crippen LogP contribution in [0.25, 0.3) is 0 Å². The van der Waals surface area contributed by atoms with Gasteiger partial charge in [-0.15, -0.1) is 0 Å². The van der Waals surface area contributed by atoms with Gasteiger partial charge in [-0.2, -0.15) is 5.26 Å². The van der Waals surface area contributed by atoms with Gasteiger partial charge in [0.2, 0.25) is 0 Å². The molecule has 0 aliphatic carbocycles. The molecule has 0 aliphatic heterocycles. The Kier molecular flexibility index (Phi) is 6.53. The molecule has 5 heteroatoms. The van der Waals surface area contributed by atoms with Crippen molar-refractivity contribution < 1.29 is 13.2 Å². The molecule has 4 nitrogen and oxygen atoms in total. The molecule has 24 heavy (non-hydrogen) atoms. The van der Waals surface area contributed by atoms with Crippen molar-refractivity contribution in [1.29, 1.82) is 5.26 Å². The second-order valence-electron chi connectivity index (χ2n) is 5.66. The lowest BCUT2D eigenvalue weighted by Crippen LogP contribution is -2.20. The first-order chi connectivity index (χ1) is 11.5. The summed E-state index contributed by atoms with van der Waals surface area (Å²) in [4.78, 5) is 0.199. The van der Waals surface area contributed by atoms with Gasteiger partial charge < -0.3 is 4.74 Å². The molecule has 0 aromatic heterocycles. The van der Waals surface area contributed by atoms with E-state index in [0.717, 1.165) is 11.1 Å². The molecule has 0 bridgehead atoms. The standard InChI is InChI=1S/C19H21NO3S/c1-16-9-11-18(12-10-16)24(21,22)19(14-20)8-5-13-23-15-17-6-3-2-4-7-17/h2-4,6-7,9-12,19H,5,8,13,15H2,1H3. The van der Waals surface area contributed by atoms with Crippen LogP contribution in [0.1, 0.15) is 24.0 Å². The highest BCUT2D eigenvalue weighted by Crippen LogP contribution is 2.19. The van der Waals surface area contributed by atoms with E-state index in [0.29, 0.717) is 19.6 Å². The highest BCUT2D eigenvalue weighted by molar-refractivity contribution is 7.92. The van der Waals surface area contributed by atoms with Gasteiger partial charge in [0.05, 0.1) is 17.6 Å². The molecule has 0 N–H and O–H groups in total. The summed E-state index contributed by atoms with van der Waals surface area (Å²) in [7, 11) is -3.62. The monoisotopic (exact) mass is 343 g/mol. The normalized spacial score (nSPS) is 12.5. The molecule has 2 aromatic rings. The average Bonchev–Trinajstić information content (AvgIpc) is 2.59. The van der Waals surface area contributed by atoms with E-state index < -0.39 is 15.1 Å². The van der Waals surface area contributed by atoms with E-state index in [1.807, 2.05) is 43.3 Å². The molecule has 0 amide bonds. The number of rotatable bonds is 8. The van der Waals surface area contributed by atoms with Crippen molar-refractivity contribution in [2.75, 3.05) is 6.61 Å². The van der Waals surface area contributed by atoms with Gasteiger partial charge >= 0.3 is 0 Å². The molecule has 0 heterocycles. The molecule has 1 atom stereocenters. The Hall–Kier alpha value is -2.16. The summed E-state index contributed by atoms with van der Waals surface area (Å²) >= 11 is 0. The van der Waals surface area contributed by atoms with Crippen molar-refractivity contribution in [1.82, 2.24) is 0 Å². The number of nitrogens with zero attached hydrogens (tertiary/aromatic N) is 1. The minimum atomic E-state index is -3.62. The summed E-state index contributed by atoms with van der Waals surface area (Å²) in [5, 5.41) is 8.20. The number of sulfone groups is 1. The fourth-order valence-electron chi connectivity index (χ4n) is 2.32. The van der Waals surface area contributed by atoms with Crippen LogP contribution in [0, 0.1) is 18.3 Å². The lowest BCUT2D eigenvalue weighted by Gasteiger charge is -2.11. The lowest BCUT2D eigenvalue weighted by atomic mass is 10.2. The summed E-state index contributed by atoms with van der Waals surface area (Å²) in [6, 6.07) is 18.3. The van der Waals surface area contributed by atoms with Crippen LogP contribution in [0.15, 0.2) is 59.5 Å². The Morgan fingerprint density at radius 1 is 1.08 bits per heavy atom. The Morgan fingerprint density at radius 2 is 1.75 bits per heavy atom. The molecule has 126 valence electrons. The van der Waals surface area contributed by atoms with Gasteiger partial charge in [-0.05, 0) is 37.5 Å². The zero-order chi connectivity index (χ0) is 17.4. The van der Waals surface area contributed by atoms with Crippen LogP contribution in [0.4, 0.5) is 0 Å². The molecule has 2 rings (SSSR count). The fraction of sp³-hybridized carbons (Fsp3) is 0.316. The molecule has 1 unspecified atom stereocenters. The van der Waals surface area contributed by atoms with Crippen LogP contribution >= 0.6 is 0 Å². The van der Waals surface area contributed by atoms with Gasteiger partial charge in [0.1, 0.15) is 0 Å². The van der Waals surface area contributed by atoms with Gasteiger partial charge in [-0.3, -0.25) is 0 Å². The third kappa shape index (κ3) is 4.92. The van der Waals surface area contributed by atoms with E-state index in [9.17, 15) is 13.7 Å². The molecule has 0 saturated heterocycles. The molecule has 0 spiro atoms. The Labute approximate surface area is 143 Å². The van der Waals surface area contributed by atoms with Gasteiger partial charge in [-0.1, -0.05) is 48.0 Å². The van der Waals surface area contributed by atoms with Crippen LogP contribution < -0.4 is 0 Å². The predicted octanol–water partition coefficient (Wildman–Crippen LogP) is 3.66. The van der Waals surface area contributed by atoms with Crippen LogP contribution in [0.3, 0.4) is 0 Å². The van der Waals surface area contributed by atoms with Crippen molar-refractivity contribution in [2.45, 2.75) is 36.5 Å². The predicted molar refractivity (Wildman–Crippen MR) is 93.1 cm³/mol. The molecule has 0 radical (unpaired) electrons. The maximum Gasteiger partial charge on any atom is 0.194 e. The molecular formula is C19H21NO3S. The minimum absolute atomic E-state index is 0.199. The third-order valence-corrected chi connectivity index (χ3v) is 5.75. The summed E-state index contributed by atoms with van der Waals surface area (Å²) in [5.41, 5.74) is 2.05. The first kappa shape index (κ1) is 18.2. The van der Waals surface area contributed by atoms with Crippen LogP contribution in [-0.2, 0) is 21.2 Å². The summed E-state index contributed by atoms with van der Waals surface area (Å²) in [6.45, 7) is 2.81. The number of aryl methyl sites for hydroxylation is 1. The lowest BCUT2D eigenvalue weighted by molar-refractivity contribution is 0.117. The van der Waals surface area contributed by atoms with E-state index in [-0.39, 0.29) is 11.3 Å². The largest absolute Gasteiger partial charge is 0.377 e. The molecular weight excluding hydrogens is 322 g/mol. The molecule has 0 aliphatic rings. The zero-order valence-electron chi connectivity index (χ0n) is 13.7. The van der Waals surface area contributed by atoms with E-state index >= 15 is 0 Å². The van der Waals surface area contributed by atoms with Crippen LogP contribution in [0.2, 0.25) is 0 Å². The van der Waals surface area contributed by atoms with E-state index in [4.69, 9.17) is 4.74 Å². The summed E-state index contributed by atoms with van der Waals surface area (Å²) in [5.74, 6) is 0. The van der Waals surface area contributed by atoms with Crippen molar-refractivity contribution in [3.63, 3.8) is 0 Å². The third-order valence-electron chi connectivity index (χ3n) is 3.73. The van der Waals surface area contributed by atoms with Gasteiger partial charge in [0.15, 0.2) is 15.1 Å². The Balaban J connectivity index is 1.85. The van der Waals surface area contributed by atoms with Gasteiger partial charge in [0.25, 0.3) is 0 Å². The highest BCUT2D eigenvalue weighted by atomic mass is 32.2. The topological polar surface area (TPSA) is 67.2 Å². The number of ether oxygens (including phenoxy) is 1. The summed E-state index contributed by atoms with van der Waals surface area (Å²) < 4.78 is 30.5. The molecule has 0 fully saturated rings. The van der Waals surface area contributed by atoms with E-state index in [1.54, 1.807) is 24.3 Å². The second kappa shape index (κ2) is 8.62. The first-order valence-corrected chi connectivity index (χ1v) is 9.40. The smallest absolute Gasteiger partial charge is 0.194 e. The first-order valence-electron chi connectivity index (χ1n) is 7.86. The Morgan fingerprint density at radius 3 is 2.38 bits per heavy atom. The van der Waals surface area contributed by atoms with Crippen molar-refractivity contribution in [2.24, 2.45) is 0 Å². The van der Waals surface area contributed by atoms with Gasteiger partial charge in [0, 0.05) is 6.61 Å². The molecule has 0 saturated carbocycles. The van der Waals surface area contributed by atoms with E-state index in [2.05, 4.69) is 0 Å². The zero-order valence-corrected chi connectivity index (χ0v) is 14.5.